The van der Waals surface area contributed by atoms with Crippen molar-refractivity contribution in [3.8, 4) is 0 Å². The summed E-state index contributed by atoms with van der Waals surface area (Å²) in [5, 5.41) is 6.46. The zero-order valence-electron chi connectivity index (χ0n) is 12.5. The van der Waals surface area contributed by atoms with Gasteiger partial charge < -0.3 is 15.4 Å². The molecule has 0 aromatic heterocycles. The lowest BCUT2D eigenvalue weighted by molar-refractivity contribution is 0.0456. The van der Waals surface area contributed by atoms with Gasteiger partial charge in [-0.15, -0.1) is 0 Å². The van der Waals surface area contributed by atoms with Gasteiger partial charge in [0.15, 0.2) is 0 Å². The van der Waals surface area contributed by atoms with Crippen LogP contribution in [0, 0.1) is 11.8 Å². The SMILES string of the molecule is CC(C)(C)OC(=O)NC1CNCCC1C1CCCC1. The van der Waals surface area contributed by atoms with E-state index in [1.807, 2.05) is 20.8 Å². The topological polar surface area (TPSA) is 50.4 Å². The van der Waals surface area contributed by atoms with Crippen LogP contribution in [-0.2, 0) is 4.74 Å². The Bertz CT molecular complexity index is 306. The predicted octanol–water partition coefficient (Wildman–Crippen LogP) is 2.68. The summed E-state index contributed by atoms with van der Waals surface area (Å²) in [5.41, 5.74) is -0.422. The minimum atomic E-state index is -0.422. The Morgan fingerprint density at radius 2 is 1.89 bits per heavy atom. The molecule has 0 aromatic carbocycles. The van der Waals surface area contributed by atoms with E-state index in [9.17, 15) is 4.79 Å². The molecule has 1 aliphatic heterocycles. The Morgan fingerprint density at radius 3 is 2.53 bits per heavy atom. The molecule has 0 aromatic rings. The highest BCUT2D eigenvalue weighted by Gasteiger charge is 2.34. The fourth-order valence-corrected chi connectivity index (χ4v) is 3.45. The molecule has 2 N–H and O–H groups in total. The number of nitrogens with one attached hydrogen (secondary N) is 2. The number of piperidine rings is 1. The van der Waals surface area contributed by atoms with E-state index in [0.29, 0.717) is 5.92 Å². The molecule has 110 valence electrons. The summed E-state index contributed by atoms with van der Waals surface area (Å²) in [4.78, 5) is 11.9. The molecule has 0 bridgehead atoms. The lowest BCUT2D eigenvalue weighted by Crippen LogP contribution is -2.53. The van der Waals surface area contributed by atoms with Crippen molar-refractivity contribution < 1.29 is 9.53 Å². The average molecular weight is 268 g/mol. The van der Waals surface area contributed by atoms with Crippen molar-refractivity contribution in [2.24, 2.45) is 11.8 Å². The molecule has 0 radical (unpaired) electrons. The van der Waals surface area contributed by atoms with E-state index < -0.39 is 5.60 Å². The van der Waals surface area contributed by atoms with Crippen LogP contribution < -0.4 is 10.6 Å². The van der Waals surface area contributed by atoms with Crippen LogP contribution in [0.2, 0.25) is 0 Å². The predicted molar refractivity (Wildman–Crippen MR) is 76.1 cm³/mol. The summed E-state index contributed by atoms with van der Waals surface area (Å²) >= 11 is 0. The number of hydrogen-bond acceptors (Lipinski definition) is 3. The molecule has 1 saturated carbocycles. The average Bonchev–Trinajstić information content (AvgIpc) is 2.80. The summed E-state index contributed by atoms with van der Waals surface area (Å²) in [7, 11) is 0. The monoisotopic (exact) mass is 268 g/mol. The normalized spacial score (nSPS) is 29.2. The van der Waals surface area contributed by atoms with Crippen molar-refractivity contribution in [1.82, 2.24) is 10.6 Å². The maximum absolute atomic E-state index is 11.9. The molecular weight excluding hydrogens is 240 g/mol. The number of alkyl carbamates (subject to hydrolysis) is 1. The third-order valence-corrected chi connectivity index (χ3v) is 4.24. The molecule has 2 unspecified atom stereocenters. The Hall–Kier alpha value is -0.770. The first-order valence-corrected chi connectivity index (χ1v) is 7.66. The van der Waals surface area contributed by atoms with Gasteiger partial charge in [-0.25, -0.2) is 4.79 Å². The van der Waals surface area contributed by atoms with Crippen molar-refractivity contribution in [3.63, 3.8) is 0 Å². The summed E-state index contributed by atoms with van der Waals surface area (Å²) in [6.45, 7) is 7.66. The van der Waals surface area contributed by atoms with E-state index in [2.05, 4.69) is 10.6 Å². The third-order valence-electron chi connectivity index (χ3n) is 4.24. The van der Waals surface area contributed by atoms with Gasteiger partial charge in [0.1, 0.15) is 5.60 Å². The van der Waals surface area contributed by atoms with E-state index in [-0.39, 0.29) is 12.1 Å². The molecule has 2 atom stereocenters. The fourth-order valence-electron chi connectivity index (χ4n) is 3.45. The highest BCUT2D eigenvalue weighted by atomic mass is 16.6. The van der Waals surface area contributed by atoms with Crippen LogP contribution in [0.4, 0.5) is 4.79 Å². The van der Waals surface area contributed by atoms with Crippen LogP contribution in [0.5, 0.6) is 0 Å². The van der Waals surface area contributed by atoms with Gasteiger partial charge in [0.05, 0.1) is 0 Å². The maximum Gasteiger partial charge on any atom is 0.407 e. The van der Waals surface area contributed by atoms with Crippen LogP contribution >= 0.6 is 0 Å². The second-order valence-corrected chi connectivity index (χ2v) is 6.95. The van der Waals surface area contributed by atoms with Crippen LogP contribution in [-0.4, -0.2) is 30.8 Å². The molecule has 1 heterocycles. The summed E-state index contributed by atoms with van der Waals surface area (Å²) < 4.78 is 5.37. The van der Waals surface area contributed by atoms with E-state index in [1.165, 1.54) is 32.1 Å². The molecule has 4 nitrogen and oxygen atoms in total. The van der Waals surface area contributed by atoms with Gasteiger partial charge >= 0.3 is 6.09 Å². The molecule has 2 aliphatic rings. The standard InChI is InChI=1S/C15H28N2O2/c1-15(2,3)19-14(18)17-13-10-16-9-8-12(13)11-6-4-5-7-11/h11-13,16H,4-10H2,1-3H3,(H,17,18). The van der Waals surface area contributed by atoms with Gasteiger partial charge in [-0.2, -0.15) is 0 Å². The molecule has 1 saturated heterocycles. The lowest BCUT2D eigenvalue weighted by atomic mass is 9.80. The van der Waals surface area contributed by atoms with Gasteiger partial charge in [-0.05, 0) is 45.6 Å². The Balaban J connectivity index is 1.90. The number of carbonyl (C=O) groups excluding carboxylic acids is 1. The van der Waals surface area contributed by atoms with Crippen molar-refractivity contribution in [2.75, 3.05) is 13.1 Å². The first-order chi connectivity index (χ1) is 8.96. The van der Waals surface area contributed by atoms with Crippen LogP contribution in [0.25, 0.3) is 0 Å². The van der Waals surface area contributed by atoms with Crippen LogP contribution in [0.15, 0.2) is 0 Å². The zero-order valence-corrected chi connectivity index (χ0v) is 12.5. The first-order valence-electron chi connectivity index (χ1n) is 7.66. The second-order valence-electron chi connectivity index (χ2n) is 6.95. The lowest BCUT2D eigenvalue weighted by Gasteiger charge is -2.36. The molecule has 4 heteroatoms. The molecule has 19 heavy (non-hydrogen) atoms. The molecule has 2 rings (SSSR count). The number of ether oxygens (including phenoxy) is 1. The highest BCUT2D eigenvalue weighted by molar-refractivity contribution is 5.68. The van der Waals surface area contributed by atoms with Crippen molar-refractivity contribution in [1.29, 1.82) is 0 Å². The van der Waals surface area contributed by atoms with E-state index in [1.54, 1.807) is 0 Å². The number of rotatable bonds is 2. The zero-order chi connectivity index (χ0) is 13.9. The molecule has 0 spiro atoms. The summed E-state index contributed by atoms with van der Waals surface area (Å²) in [5.74, 6) is 1.42. The largest absolute Gasteiger partial charge is 0.444 e. The minimum absolute atomic E-state index is 0.228. The van der Waals surface area contributed by atoms with Gasteiger partial charge in [-0.3, -0.25) is 0 Å². The smallest absolute Gasteiger partial charge is 0.407 e. The minimum Gasteiger partial charge on any atom is -0.444 e. The Kier molecular flexibility index (Phi) is 4.71. The van der Waals surface area contributed by atoms with Crippen LogP contribution in [0.1, 0.15) is 52.9 Å². The van der Waals surface area contributed by atoms with Crippen molar-refractivity contribution >= 4 is 6.09 Å². The molecule has 2 fully saturated rings. The van der Waals surface area contributed by atoms with Crippen LogP contribution in [0.3, 0.4) is 0 Å². The fraction of sp³-hybridized carbons (Fsp3) is 0.933. The van der Waals surface area contributed by atoms with Gasteiger partial charge in [0, 0.05) is 12.6 Å². The Labute approximate surface area is 116 Å². The first kappa shape index (κ1) is 14.6. The maximum atomic E-state index is 11.9. The molecule has 1 amide bonds. The van der Waals surface area contributed by atoms with E-state index >= 15 is 0 Å². The van der Waals surface area contributed by atoms with E-state index in [4.69, 9.17) is 4.74 Å². The Morgan fingerprint density at radius 1 is 1.21 bits per heavy atom. The van der Waals surface area contributed by atoms with Gasteiger partial charge in [0.25, 0.3) is 0 Å². The van der Waals surface area contributed by atoms with E-state index in [0.717, 1.165) is 19.0 Å². The number of carbonyl (C=O) groups is 1. The highest BCUT2D eigenvalue weighted by Crippen LogP contribution is 2.35. The van der Waals surface area contributed by atoms with Gasteiger partial charge in [0.2, 0.25) is 0 Å². The summed E-state index contributed by atoms with van der Waals surface area (Å²) in [6.07, 6.45) is 6.27. The quantitative estimate of drug-likeness (QED) is 0.809. The molecule has 1 aliphatic carbocycles. The van der Waals surface area contributed by atoms with Gasteiger partial charge in [-0.1, -0.05) is 25.7 Å². The van der Waals surface area contributed by atoms with Crippen molar-refractivity contribution in [2.45, 2.75) is 64.5 Å². The second kappa shape index (κ2) is 6.12. The van der Waals surface area contributed by atoms with Crippen molar-refractivity contribution in [3.05, 3.63) is 0 Å². The summed E-state index contributed by atoms with van der Waals surface area (Å²) in [6, 6.07) is 0.228. The molecular formula is C15H28N2O2. The number of amides is 1. The third kappa shape index (κ3) is 4.37. The number of hydrogen-bond donors (Lipinski definition) is 2.